The first kappa shape index (κ1) is 33.9. The smallest absolute Gasteiger partial charge is 0.269 e. The molecule has 3 N–H and O–H groups in total. The zero-order chi connectivity index (χ0) is 31.4. The number of unbranched alkanes of at least 4 members (excludes halogenated alkanes) is 2. The molecule has 0 spiro atoms. The number of hydrogen-bond acceptors (Lipinski definition) is 7. The number of sulfonamides is 1. The maximum atomic E-state index is 13.7. The number of nitrogens with one attached hydrogen (secondary N) is 3. The molecule has 12 heteroatoms. The summed E-state index contributed by atoms with van der Waals surface area (Å²) in [5.41, 5.74) is 0.100. The van der Waals surface area contributed by atoms with Crippen LogP contribution in [-0.2, 0) is 30.8 Å². The van der Waals surface area contributed by atoms with Crippen molar-refractivity contribution in [3.8, 4) is 0 Å². The van der Waals surface area contributed by atoms with Crippen molar-refractivity contribution in [3.05, 3.63) is 42.1 Å². The van der Waals surface area contributed by atoms with Crippen molar-refractivity contribution in [1.82, 2.24) is 20.4 Å². The minimum atomic E-state index is -3.96. The molecule has 2 amide bonds. The SMILES string of the molecule is CCCCO[C@H]1CCCC[C@@H]1NC(=O)c1cc(NS(=O)(=O)c2ccccc2)nn1CC(=O)N[C@@H]1CCCC[C@H]1OCCCC. The number of amides is 2. The van der Waals surface area contributed by atoms with Gasteiger partial charge in [0.2, 0.25) is 5.91 Å². The predicted octanol–water partition coefficient (Wildman–Crippen LogP) is 4.79. The fourth-order valence-electron chi connectivity index (χ4n) is 5.88. The molecule has 0 unspecified atom stereocenters. The highest BCUT2D eigenvalue weighted by molar-refractivity contribution is 7.92. The molecule has 0 bridgehead atoms. The molecule has 0 saturated heterocycles. The highest BCUT2D eigenvalue weighted by Crippen LogP contribution is 2.24. The molecule has 2 aliphatic carbocycles. The minimum Gasteiger partial charge on any atom is -0.376 e. The molecule has 244 valence electrons. The number of carbonyl (C=O) groups excluding carboxylic acids is 2. The van der Waals surface area contributed by atoms with Gasteiger partial charge < -0.3 is 20.1 Å². The number of ether oxygens (including phenoxy) is 2. The van der Waals surface area contributed by atoms with E-state index in [-0.39, 0.29) is 53.2 Å². The molecule has 44 heavy (non-hydrogen) atoms. The van der Waals surface area contributed by atoms with E-state index in [0.29, 0.717) is 13.2 Å². The van der Waals surface area contributed by atoms with Crippen molar-refractivity contribution in [2.75, 3.05) is 17.9 Å². The number of aromatic nitrogens is 2. The number of hydrogen-bond donors (Lipinski definition) is 3. The molecule has 1 heterocycles. The summed E-state index contributed by atoms with van der Waals surface area (Å²) in [6.45, 7) is 5.28. The van der Waals surface area contributed by atoms with Gasteiger partial charge in [-0.25, -0.2) is 13.1 Å². The predicted molar refractivity (Wildman–Crippen MR) is 169 cm³/mol. The summed E-state index contributed by atoms with van der Waals surface area (Å²) < 4.78 is 42.0. The van der Waals surface area contributed by atoms with E-state index in [1.54, 1.807) is 18.2 Å². The van der Waals surface area contributed by atoms with E-state index >= 15 is 0 Å². The van der Waals surface area contributed by atoms with Crippen molar-refractivity contribution in [3.63, 3.8) is 0 Å². The first-order valence-corrected chi connectivity index (χ1v) is 17.8. The second-order valence-corrected chi connectivity index (χ2v) is 13.5. The van der Waals surface area contributed by atoms with Crippen LogP contribution in [0.1, 0.15) is 101 Å². The molecular formula is C32H49N5O6S. The normalized spacial score (nSPS) is 22.3. The van der Waals surface area contributed by atoms with Gasteiger partial charge in [-0.05, 0) is 50.7 Å². The van der Waals surface area contributed by atoms with E-state index in [0.717, 1.165) is 77.0 Å². The van der Waals surface area contributed by atoms with Crippen molar-refractivity contribution >= 4 is 27.7 Å². The van der Waals surface area contributed by atoms with Gasteiger partial charge >= 0.3 is 0 Å². The molecule has 0 radical (unpaired) electrons. The third kappa shape index (κ3) is 9.77. The Morgan fingerprint density at radius 2 is 1.43 bits per heavy atom. The molecule has 1 aromatic heterocycles. The van der Waals surface area contributed by atoms with Crippen LogP contribution in [0.3, 0.4) is 0 Å². The van der Waals surface area contributed by atoms with Crippen molar-refractivity contribution in [2.24, 2.45) is 0 Å². The van der Waals surface area contributed by atoms with Crippen LogP contribution in [0.4, 0.5) is 5.82 Å². The third-order valence-electron chi connectivity index (χ3n) is 8.33. The lowest BCUT2D eigenvalue weighted by molar-refractivity contribution is -0.124. The Morgan fingerprint density at radius 3 is 2.02 bits per heavy atom. The zero-order valence-electron chi connectivity index (χ0n) is 26.1. The number of benzene rings is 1. The third-order valence-corrected chi connectivity index (χ3v) is 9.70. The second kappa shape index (κ2) is 16.9. The first-order valence-electron chi connectivity index (χ1n) is 16.3. The molecule has 1 aromatic carbocycles. The van der Waals surface area contributed by atoms with Crippen molar-refractivity contribution in [2.45, 2.75) is 127 Å². The standard InChI is InChI=1S/C32H49N5O6S/c1-3-5-20-42-28-18-12-10-16-25(28)33-31(38)23-37-27(22-30(35-37)36-44(40,41)24-14-8-7-9-15-24)32(39)34-26-17-11-13-19-29(26)43-21-6-4-2/h7-9,14-15,22,25-26,28-29H,3-6,10-13,16-21,23H2,1-2H3,(H,33,38)(H,34,39)(H,35,36)/t25-,26+,28-,29+/m1/s1. The molecule has 0 aliphatic heterocycles. The molecule has 2 saturated carbocycles. The highest BCUT2D eigenvalue weighted by Gasteiger charge is 2.31. The molecular weight excluding hydrogens is 582 g/mol. The van der Waals surface area contributed by atoms with Gasteiger partial charge in [0.1, 0.15) is 12.2 Å². The van der Waals surface area contributed by atoms with Gasteiger partial charge in [0.25, 0.3) is 15.9 Å². The quantitative estimate of drug-likeness (QED) is 0.226. The van der Waals surface area contributed by atoms with E-state index in [4.69, 9.17) is 9.47 Å². The average molecular weight is 632 g/mol. The lowest BCUT2D eigenvalue weighted by atomic mass is 9.92. The minimum absolute atomic E-state index is 0.0374. The van der Waals surface area contributed by atoms with E-state index in [9.17, 15) is 18.0 Å². The number of anilines is 1. The topological polar surface area (TPSA) is 141 Å². The number of nitrogens with zero attached hydrogens (tertiary/aromatic N) is 2. The lowest BCUT2D eigenvalue weighted by Gasteiger charge is -2.32. The van der Waals surface area contributed by atoms with Gasteiger partial charge in [0.15, 0.2) is 5.82 Å². The Morgan fingerprint density at radius 1 is 0.864 bits per heavy atom. The summed E-state index contributed by atoms with van der Waals surface area (Å²) in [5, 5.41) is 10.6. The van der Waals surface area contributed by atoms with E-state index in [2.05, 4.69) is 34.3 Å². The highest BCUT2D eigenvalue weighted by atomic mass is 32.2. The largest absolute Gasteiger partial charge is 0.376 e. The van der Waals surface area contributed by atoms with Crippen LogP contribution >= 0.6 is 0 Å². The van der Waals surface area contributed by atoms with Crippen LogP contribution in [-0.4, -0.2) is 67.5 Å². The first-order chi connectivity index (χ1) is 21.3. The molecule has 2 aliphatic rings. The summed E-state index contributed by atoms with van der Waals surface area (Å²) in [4.78, 5) is 27.1. The number of rotatable bonds is 16. The van der Waals surface area contributed by atoms with E-state index < -0.39 is 15.9 Å². The van der Waals surface area contributed by atoms with E-state index in [1.165, 1.54) is 22.9 Å². The van der Waals surface area contributed by atoms with Gasteiger partial charge in [0, 0.05) is 19.3 Å². The van der Waals surface area contributed by atoms with Crippen LogP contribution in [0.5, 0.6) is 0 Å². The Labute approximate surface area is 261 Å². The molecule has 4 rings (SSSR count). The average Bonchev–Trinajstić information content (AvgIpc) is 3.40. The van der Waals surface area contributed by atoms with Gasteiger partial charge in [0.05, 0.1) is 29.2 Å². The van der Waals surface area contributed by atoms with Gasteiger partial charge in [-0.3, -0.25) is 14.3 Å². The Balaban J connectivity index is 1.51. The van der Waals surface area contributed by atoms with Crippen LogP contribution < -0.4 is 15.4 Å². The van der Waals surface area contributed by atoms with Crippen LogP contribution in [0.15, 0.2) is 41.3 Å². The van der Waals surface area contributed by atoms with Gasteiger partial charge in [-0.2, -0.15) is 5.10 Å². The van der Waals surface area contributed by atoms with Crippen LogP contribution in [0, 0.1) is 0 Å². The summed E-state index contributed by atoms with van der Waals surface area (Å²) in [5.74, 6) is -0.774. The fraction of sp³-hybridized carbons (Fsp3) is 0.656. The van der Waals surface area contributed by atoms with Gasteiger partial charge in [-0.1, -0.05) is 70.6 Å². The Kier molecular flexibility index (Phi) is 13.1. The van der Waals surface area contributed by atoms with Gasteiger partial charge in [-0.15, -0.1) is 0 Å². The van der Waals surface area contributed by atoms with Crippen LogP contribution in [0.25, 0.3) is 0 Å². The molecule has 2 fully saturated rings. The summed E-state index contributed by atoms with van der Waals surface area (Å²) in [6.07, 6.45) is 11.3. The lowest BCUT2D eigenvalue weighted by Crippen LogP contribution is -2.48. The van der Waals surface area contributed by atoms with Crippen molar-refractivity contribution < 1.29 is 27.5 Å². The maximum absolute atomic E-state index is 13.7. The Hall–Kier alpha value is -2.96. The summed E-state index contributed by atoms with van der Waals surface area (Å²) >= 11 is 0. The molecule has 11 nitrogen and oxygen atoms in total. The van der Waals surface area contributed by atoms with Crippen LogP contribution in [0.2, 0.25) is 0 Å². The maximum Gasteiger partial charge on any atom is 0.269 e. The van der Waals surface area contributed by atoms with Crippen molar-refractivity contribution in [1.29, 1.82) is 0 Å². The zero-order valence-corrected chi connectivity index (χ0v) is 26.9. The monoisotopic (exact) mass is 631 g/mol. The summed E-state index contributed by atoms with van der Waals surface area (Å²) in [6, 6.07) is 9.02. The fourth-order valence-corrected chi connectivity index (χ4v) is 6.89. The summed E-state index contributed by atoms with van der Waals surface area (Å²) in [7, 11) is -3.96. The Bertz CT molecular complexity index is 1300. The second-order valence-electron chi connectivity index (χ2n) is 11.8. The number of carbonyl (C=O) groups is 2. The molecule has 4 atom stereocenters. The van der Waals surface area contributed by atoms with E-state index in [1.807, 2.05) is 0 Å². The molecule has 2 aromatic rings.